The molecule has 2 amide bonds. The summed E-state index contributed by atoms with van der Waals surface area (Å²) in [5, 5.41) is 5.67. The lowest BCUT2D eigenvalue weighted by molar-refractivity contribution is -0.437. The number of nitrogens with zero attached hydrogens (tertiary/aromatic N) is 2. The second-order valence-corrected chi connectivity index (χ2v) is 22.1. The summed E-state index contributed by atoms with van der Waals surface area (Å²) in [6.45, 7) is 9.27. The summed E-state index contributed by atoms with van der Waals surface area (Å²) in [5.74, 6) is -0.549. The van der Waals surface area contributed by atoms with Gasteiger partial charge in [-0.15, -0.1) is 0 Å². The minimum atomic E-state index is -4.50. The number of fused-ring (bicyclic) bond motifs is 2. The van der Waals surface area contributed by atoms with Crippen LogP contribution in [0, 0.1) is 0 Å². The first-order chi connectivity index (χ1) is 30.5. The number of allylic oxidation sites excluding steroid dienone is 7. The van der Waals surface area contributed by atoms with Crippen LogP contribution in [0.3, 0.4) is 0 Å². The zero-order chi connectivity index (χ0) is 47.6. The van der Waals surface area contributed by atoms with Crippen molar-refractivity contribution >= 4 is 59.4 Å². The van der Waals surface area contributed by atoms with Gasteiger partial charge in [-0.2, -0.15) is 29.8 Å². The third kappa shape index (κ3) is 13.9. The van der Waals surface area contributed by atoms with Crippen LogP contribution in [0.5, 0.6) is 0 Å². The number of amides is 2. The molecule has 0 saturated carbocycles. The molecule has 5 rings (SSSR count). The van der Waals surface area contributed by atoms with E-state index in [0.717, 1.165) is 55.6 Å². The summed E-state index contributed by atoms with van der Waals surface area (Å²) >= 11 is 0. The highest BCUT2D eigenvalue weighted by Crippen LogP contribution is 2.48. The number of carbonyl (C=O) groups excluding carboxylic acids is 2. The highest BCUT2D eigenvalue weighted by molar-refractivity contribution is 7.86. The van der Waals surface area contributed by atoms with E-state index >= 15 is 0 Å². The van der Waals surface area contributed by atoms with Crippen LogP contribution in [0.2, 0.25) is 0 Å². The second-order valence-electron chi connectivity index (χ2n) is 17.6. The largest absolute Gasteiger partial charge is 0.446 e. The number of anilines is 1. The molecule has 1 unspecified atom stereocenters. The fourth-order valence-corrected chi connectivity index (χ4v) is 10.1. The molecule has 0 aromatic heterocycles. The van der Waals surface area contributed by atoms with E-state index in [1.54, 1.807) is 24.3 Å². The second kappa shape index (κ2) is 21.8. The van der Waals surface area contributed by atoms with Gasteiger partial charge in [-0.1, -0.05) is 50.6 Å². The van der Waals surface area contributed by atoms with Gasteiger partial charge in [-0.3, -0.25) is 18.5 Å². The molecule has 0 radical (unpaired) electrons. The van der Waals surface area contributed by atoms with Gasteiger partial charge in [0.25, 0.3) is 30.4 Å². The molecule has 2 heterocycles. The molecule has 16 nitrogen and oxygen atoms in total. The summed E-state index contributed by atoms with van der Waals surface area (Å²) in [7, 11) is -13.2. The number of carbonyl (C=O) groups is 2. The first-order valence-corrected chi connectivity index (χ1v) is 26.5. The van der Waals surface area contributed by atoms with E-state index in [2.05, 4.69) is 27.7 Å². The van der Waals surface area contributed by atoms with Crippen LogP contribution < -0.4 is 15.5 Å². The van der Waals surface area contributed by atoms with Gasteiger partial charge < -0.3 is 20.3 Å². The molecule has 0 spiro atoms. The Kier molecular flexibility index (Phi) is 17.2. The van der Waals surface area contributed by atoms with Crippen molar-refractivity contribution in [3.8, 4) is 0 Å². The van der Waals surface area contributed by atoms with E-state index in [-0.39, 0.29) is 34.8 Å². The molecule has 65 heavy (non-hydrogen) atoms. The molecule has 2 aromatic carbocycles. The zero-order valence-corrected chi connectivity index (χ0v) is 40.0. The summed E-state index contributed by atoms with van der Waals surface area (Å²) < 4.78 is 108. The number of hydrogen-bond donors (Lipinski definition) is 5. The third-order valence-electron chi connectivity index (χ3n) is 12.1. The topological polar surface area (TPSA) is 237 Å². The Morgan fingerprint density at radius 3 is 2.20 bits per heavy atom. The Bertz CT molecular complexity index is 2580. The van der Waals surface area contributed by atoms with Crippen molar-refractivity contribution in [2.75, 3.05) is 36.8 Å². The average molecular weight is 960 g/mol. The maximum atomic E-state index is 12.6. The monoisotopic (exact) mass is 959 g/mol. The van der Waals surface area contributed by atoms with Crippen LogP contribution in [-0.4, -0.2) is 99.2 Å². The molecule has 0 bridgehead atoms. The SMILES string of the molecule is CC1(C)C(=CC=CC=CC2=[N+](CCCS(=O)(=O)O)c3ccc(S(=O)(=O)O)cc3C2(C)C)N(CCCCCC(=O)NCCCNC(=O)OC2C/C=C/CCCC2)c2ccc(S(=O)(=O)O)cc21. The first kappa shape index (κ1) is 51.3. The molecule has 1 atom stereocenters. The number of benzene rings is 2. The standard InChI is InChI=1S/C46H62N4O12S3/c1-45(2)37-32-35(64(56,57)58)23-25-39(37)49(29-15-9-14-22-43(51)47-27-16-28-48-44(52)62-34-18-10-6-5-7-11-19-34)41(45)20-12-8-13-21-42-46(3,4)38-33-36(65(59,60)61)24-26-40(38)50(42)30-17-31-63(53,54)55/h6,8,10,12-13,20-21,23-26,32-34H,5,7,9,11,14-19,22,27-31H2,1-4H3,(H4-,47,48,51,52,53,54,55,56,57,58,59,60,61)/p+1/b10-6+. The van der Waals surface area contributed by atoms with Crippen LogP contribution in [-0.2, 0) is 50.7 Å². The van der Waals surface area contributed by atoms with Gasteiger partial charge in [-0.25, -0.2) is 4.79 Å². The van der Waals surface area contributed by atoms with Gasteiger partial charge in [0, 0.05) is 73.4 Å². The minimum Gasteiger partial charge on any atom is -0.446 e. The predicted molar refractivity (Wildman–Crippen MR) is 250 cm³/mol. The number of nitrogens with one attached hydrogen (secondary N) is 2. The summed E-state index contributed by atoms with van der Waals surface area (Å²) in [6, 6.07) is 8.79. The molecule has 2 aromatic rings. The van der Waals surface area contributed by atoms with Crippen LogP contribution in [0.15, 0.2) is 94.4 Å². The number of ether oxygens (including phenoxy) is 1. The number of rotatable bonds is 20. The summed E-state index contributed by atoms with van der Waals surface area (Å²) in [6.07, 6.45) is 20.7. The van der Waals surface area contributed by atoms with Crippen molar-refractivity contribution in [1.82, 2.24) is 10.6 Å². The van der Waals surface area contributed by atoms with E-state index in [4.69, 9.17) is 4.74 Å². The van der Waals surface area contributed by atoms with Gasteiger partial charge in [0.05, 0.1) is 21.0 Å². The molecular weight excluding hydrogens is 897 g/mol. The number of alkyl carbamates (subject to hydrolysis) is 1. The van der Waals surface area contributed by atoms with Crippen molar-refractivity contribution in [1.29, 1.82) is 0 Å². The van der Waals surface area contributed by atoms with Crippen molar-refractivity contribution in [3.05, 3.63) is 95.8 Å². The lowest BCUT2D eigenvalue weighted by Gasteiger charge is -2.27. The normalized spacial score (nSPS) is 19.6. The van der Waals surface area contributed by atoms with Crippen molar-refractivity contribution in [3.63, 3.8) is 0 Å². The Balaban J connectivity index is 1.22. The van der Waals surface area contributed by atoms with Crippen LogP contribution in [0.25, 0.3) is 0 Å². The maximum Gasteiger partial charge on any atom is 0.407 e. The first-order valence-electron chi connectivity index (χ1n) is 22.0. The Labute approximate surface area is 383 Å². The van der Waals surface area contributed by atoms with E-state index < -0.39 is 53.0 Å². The highest BCUT2D eigenvalue weighted by Gasteiger charge is 2.45. The third-order valence-corrected chi connectivity index (χ3v) is 14.6. The van der Waals surface area contributed by atoms with Crippen LogP contribution in [0.4, 0.5) is 16.2 Å². The highest BCUT2D eigenvalue weighted by atomic mass is 32.2. The summed E-state index contributed by atoms with van der Waals surface area (Å²) in [5.41, 5.74) is 2.89. The van der Waals surface area contributed by atoms with E-state index in [1.165, 1.54) is 24.3 Å². The Morgan fingerprint density at radius 1 is 0.800 bits per heavy atom. The quantitative estimate of drug-likeness (QED) is 0.0288. The van der Waals surface area contributed by atoms with Crippen molar-refractivity contribution in [2.24, 2.45) is 0 Å². The van der Waals surface area contributed by atoms with Crippen LogP contribution in [0.1, 0.15) is 109 Å². The van der Waals surface area contributed by atoms with Gasteiger partial charge >= 0.3 is 6.09 Å². The maximum absolute atomic E-state index is 12.6. The zero-order valence-electron chi connectivity index (χ0n) is 37.5. The minimum absolute atomic E-state index is 0.0785. The van der Waals surface area contributed by atoms with Gasteiger partial charge in [0.15, 0.2) is 5.71 Å². The predicted octanol–water partition coefficient (Wildman–Crippen LogP) is 7.31. The van der Waals surface area contributed by atoms with Gasteiger partial charge in [0.2, 0.25) is 11.6 Å². The number of hydrogen-bond acceptors (Lipinski definition) is 10. The van der Waals surface area contributed by atoms with Gasteiger partial charge in [0.1, 0.15) is 12.6 Å². The smallest absolute Gasteiger partial charge is 0.407 e. The van der Waals surface area contributed by atoms with E-state index in [9.17, 15) is 48.5 Å². The molecule has 1 aliphatic carbocycles. The molecular formula is C46H63N4O12S3+. The fraction of sp³-hybridized carbons (Fsp3) is 0.500. The molecule has 3 aliphatic rings. The van der Waals surface area contributed by atoms with Crippen LogP contribution >= 0.6 is 0 Å². The van der Waals surface area contributed by atoms with Crippen molar-refractivity contribution in [2.45, 2.75) is 125 Å². The Hall–Kier alpha value is -4.66. The molecule has 0 saturated heterocycles. The van der Waals surface area contributed by atoms with E-state index in [0.29, 0.717) is 62.1 Å². The molecule has 2 aliphatic heterocycles. The Morgan fingerprint density at radius 2 is 1.49 bits per heavy atom. The lowest BCUT2D eigenvalue weighted by atomic mass is 9.81. The fourth-order valence-electron chi connectivity index (χ4n) is 8.62. The number of unbranched alkanes of at least 4 members (excludes halogenated alkanes) is 2. The molecule has 356 valence electrons. The molecule has 19 heteroatoms. The molecule has 5 N–H and O–H groups in total. The van der Waals surface area contributed by atoms with Gasteiger partial charge in [-0.05, 0) is 101 Å². The summed E-state index contributed by atoms with van der Waals surface area (Å²) in [4.78, 5) is 26.4. The lowest BCUT2D eigenvalue weighted by Crippen LogP contribution is -2.32. The van der Waals surface area contributed by atoms with E-state index in [1.807, 2.05) is 50.5 Å². The van der Waals surface area contributed by atoms with Crippen molar-refractivity contribution < 1.29 is 57.8 Å². The molecule has 0 fully saturated rings. The average Bonchev–Trinajstić information content (AvgIpc) is 3.54.